The lowest BCUT2D eigenvalue weighted by molar-refractivity contribution is 0.0421. The van der Waals surface area contributed by atoms with E-state index in [-0.39, 0.29) is 10.8 Å². The zero-order valence-electron chi connectivity index (χ0n) is 12.3. The fraction of sp³-hybridized carbons (Fsp3) is 0.941. The SMILES string of the molecule is CC1(C)CCCCCC1(C#N)C1CCCCCC1. The Morgan fingerprint density at radius 1 is 0.833 bits per heavy atom. The van der Waals surface area contributed by atoms with Gasteiger partial charge in [-0.05, 0) is 37.0 Å². The molecular weight excluding hydrogens is 218 g/mol. The molecule has 0 aliphatic heterocycles. The topological polar surface area (TPSA) is 23.8 Å². The molecule has 1 nitrogen and oxygen atoms in total. The van der Waals surface area contributed by atoms with Crippen molar-refractivity contribution in [3.8, 4) is 6.07 Å². The Labute approximate surface area is 113 Å². The maximum Gasteiger partial charge on any atom is 0.0698 e. The molecule has 2 rings (SSSR count). The normalized spacial score (nSPS) is 34.3. The summed E-state index contributed by atoms with van der Waals surface area (Å²) in [6.45, 7) is 4.73. The monoisotopic (exact) mass is 247 g/mol. The van der Waals surface area contributed by atoms with Crippen molar-refractivity contribution < 1.29 is 0 Å². The first-order chi connectivity index (χ1) is 8.62. The van der Waals surface area contributed by atoms with Crippen LogP contribution < -0.4 is 0 Å². The van der Waals surface area contributed by atoms with E-state index in [9.17, 15) is 5.26 Å². The molecule has 0 saturated heterocycles. The van der Waals surface area contributed by atoms with Crippen LogP contribution in [0.5, 0.6) is 0 Å². The van der Waals surface area contributed by atoms with Crippen molar-refractivity contribution in [2.24, 2.45) is 16.7 Å². The van der Waals surface area contributed by atoms with Gasteiger partial charge in [0.1, 0.15) is 0 Å². The van der Waals surface area contributed by atoms with Gasteiger partial charge in [-0.15, -0.1) is 0 Å². The molecule has 0 spiro atoms. The van der Waals surface area contributed by atoms with Gasteiger partial charge in [0.15, 0.2) is 0 Å². The van der Waals surface area contributed by atoms with E-state index in [1.54, 1.807) is 0 Å². The van der Waals surface area contributed by atoms with Crippen LogP contribution >= 0.6 is 0 Å². The van der Waals surface area contributed by atoms with E-state index in [1.807, 2.05) is 0 Å². The molecule has 0 aromatic rings. The molecular formula is C17H29N. The van der Waals surface area contributed by atoms with E-state index in [1.165, 1.54) is 64.2 Å². The molecule has 0 bridgehead atoms. The third kappa shape index (κ3) is 2.44. The molecule has 0 amide bonds. The smallest absolute Gasteiger partial charge is 0.0698 e. The van der Waals surface area contributed by atoms with Crippen LogP contribution in [0.2, 0.25) is 0 Å². The lowest BCUT2D eigenvalue weighted by atomic mass is 9.55. The zero-order chi connectivity index (χ0) is 13.1. The quantitative estimate of drug-likeness (QED) is 0.565. The summed E-state index contributed by atoms with van der Waals surface area (Å²) in [6, 6.07) is 2.85. The molecule has 18 heavy (non-hydrogen) atoms. The number of hydrogen-bond acceptors (Lipinski definition) is 1. The van der Waals surface area contributed by atoms with Gasteiger partial charge in [0.05, 0.1) is 11.5 Å². The summed E-state index contributed by atoms with van der Waals surface area (Å²) < 4.78 is 0. The van der Waals surface area contributed by atoms with Crippen LogP contribution in [0.25, 0.3) is 0 Å². The highest BCUT2D eigenvalue weighted by Gasteiger charge is 2.50. The van der Waals surface area contributed by atoms with Gasteiger partial charge in [0.2, 0.25) is 0 Å². The number of nitriles is 1. The average Bonchev–Trinajstić information content (AvgIpc) is 2.68. The second kappa shape index (κ2) is 5.64. The second-order valence-corrected chi connectivity index (χ2v) is 7.22. The van der Waals surface area contributed by atoms with Crippen LogP contribution in [0.3, 0.4) is 0 Å². The molecule has 0 radical (unpaired) electrons. The summed E-state index contributed by atoms with van der Waals surface area (Å²) in [5, 5.41) is 10.00. The van der Waals surface area contributed by atoms with E-state index in [0.717, 1.165) is 6.42 Å². The van der Waals surface area contributed by atoms with Crippen LogP contribution in [0, 0.1) is 28.1 Å². The molecule has 0 aromatic heterocycles. The predicted molar refractivity (Wildman–Crippen MR) is 76.1 cm³/mol. The first kappa shape index (κ1) is 13.9. The highest BCUT2D eigenvalue weighted by atomic mass is 14.5. The molecule has 0 aromatic carbocycles. The van der Waals surface area contributed by atoms with Gasteiger partial charge in [-0.2, -0.15) is 5.26 Å². The molecule has 1 heteroatoms. The van der Waals surface area contributed by atoms with Crippen molar-refractivity contribution >= 4 is 0 Å². The maximum atomic E-state index is 10.00. The zero-order valence-corrected chi connectivity index (χ0v) is 12.3. The largest absolute Gasteiger partial charge is 0.198 e. The molecule has 0 heterocycles. The van der Waals surface area contributed by atoms with Crippen molar-refractivity contribution in [1.29, 1.82) is 5.26 Å². The van der Waals surface area contributed by atoms with Gasteiger partial charge < -0.3 is 0 Å². The second-order valence-electron chi connectivity index (χ2n) is 7.22. The van der Waals surface area contributed by atoms with E-state index >= 15 is 0 Å². The average molecular weight is 247 g/mol. The fourth-order valence-corrected chi connectivity index (χ4v) is 4.54. The van der Waals surface area contributed by atoms with E-state index in [2.05, 4.69) is 19.9 Å². The lowest BCUT2D eigenvalue weighted by Gasteiger charge is -2.46. The molecule has 0 N–H and O–H groups in total. The van der Waals surface area contributed by atoms with E-state index < -0.39 is 0 Å². The third-order valence-corrected chi connectivity index (χ3v) is 5.83. The van der Waals surface area contributed by atoms with Gasteiger partial charge in [-0.1, -0.05) is 58.8 Å². The highest BCUT2D eigenvalue weighted by molar-refractivity contribution is 5.11. The first-order valence-corrected chi connectivity index (χ1v) is 8.04. The van der Waals surface area contributed by atoms with E-state index in [0.29, 0.717) is 5.92 Å². The van der Waals surface area contributed by atoms with Crippen molar-refractivity contribution in [2.75, 3.05) is 0 Å². The molecule has 102 valence electrons. The van der Waals surface area contributed by atoms with Crippen LogP contribution in [0.1, 0.15) is 84.5 Å². The van der Waals surface area contributed by atoms with Crippen LogP contribution in [-0.4, -0.2) is 0 Å². The van der Waals surface area contributed by atoms with Gasteiger partial charge in [0, 0.05) is 0 Å². The van der Waals surface area contributed by atoms with Crippen molar-refractivity contribution in [3.63, 3.8) is 0 Å². The maximum absolute atomic E-state index is 10.00. The summed E-state index contributed by atoms with van der Waals surface area (Å²) in [7, 11) is 0. The minimum Gasteiger partial charge on any atom is -0.198 e. The Balaban J connectivity index is 2.28. The molecule has 2 aliphatic carbocycles. The first-order valence-electron chi connectivity index (χ1n) is 8.04. The molecule has 1 atom stereocenters. The summed E-state index contributed by atoms with van der Waals surface area (Å²) in [5.41, 5.74) is 0.182. The van der Waals surface area contributed by atoms with Gasteiger partial charge >= 0.3 is 0 Å². The lowest BCUT2D eigenvalue weighted by Crippen LogP contribution is -2.42. The molecule has 2 aliphatic rings. The third-order valence-electron chi connectivity index (χ3n) is 5.83. The number of hydrogen-bond donors (Lipinski definition) is 0. The fourth-order valence-electron chi connectivity index (χ4n) is 4.54. The summed E-state index contributed by atoms with van der Waals surface area (Å²) in [5.74, 6) is 0.665. The molecule has 2 saturated carbocycles. The van der Waals surface area contributed by atoms with Crippen LogP contribution in [0.4, 0.5) is 0 Å². The molecule has 2 fully saturated rings. The van der Waals surface area contributed by atoms with Crippen molar-refractivity contribution in [1.82, 2.24) is 0 Å². The van der Waals surface area contributed by atoms with Gasteiger partial charge in [0.25, 0.3) is 0 Å². The van der Waals surface area contributed by atoms with Crippen LogP contribution in [-0.2, 0) is 0 Å². The Hall–Kier alpha value is -0.510. The minimum atomic E-state index is -0.0339. The van der Waals surface area contributed by atoms with Gasteiger partial charge in [-0.25, -0.2) is 0 Å². The Morgan fingerprint density at radius 3 is 2.00 bits per heavy atom. The predicted octanol–water partition coefficient (Wildman–Crippen LogP) is 5.46. The van der Waals surface area contributed by atoms with Crippen molar-refractivity contribution in [3.05, 3.63) is 0 Å². The highest BCUT2D eigenvalue weighted by Crippen LogP contribution is 2.56. The summed E-state index contributed by atoms with van der Waals surface area (Å²) in [4.78, 5) is 0. The standard InChI is InChI=1S/C17H29N/c1-16(2)12-8-5-9-13-17(16,14-18)15-10-6-3-4-7-11-15/h15H,3-13H2,1-2H3. The number of rotatable bonds is 1. The Kier molecular flexibility index (Phi) is 4.36. The Bertz CT molecular complexity index is 304. The number of nitrogens with zero attached hydrogens (tertiary/aromatic N) is 1. The summed E-state index contributed by atoms with van der Waals surface area (Å²) >= 11 is 0. The summed E-state index contributed by atoms with van der Waals surface area (Å²) in [6.07, 6.45) is 14.4. The Morgan fingerprint density at radius 2 is 1.39 bits per heavy atom. The minimum absolute atomic E-state index is 0.0339. The van der Waals surface area contributed by atoms with E-state index in [4.69, 9.17) is 0 Å². The van der Waals surface area contributed by atoms with Crippen LogP contribution in [0.15, 0.2) is 0 Å². The van der Waals surface area contributed by atoms with Crippen molar-refractivity contribution in [2.45, 2.75) is 84.5 Å². The van der Waals surface area contributed by atoms with Gasteiger partial charge in [-0.3, -0.25) is 0 Å². The molecule has 1 unspecified atom stereocenters.